The van der Waals surface area contributed by atoms with Crippen LogP contribution in [0.1, 0.15) is 16.7 Å². The molecule has 0 N–H and O–H groups in total. The molecule has 0 radical (unpaired) electrons. The van der Waals surface area contributed by atoms with Gasteiger partial charge in [-0.3, -0.25) is 4.98 Å². The number of rotatable bonds is 7. The molecule has 0 spiro atoms. The maximum atomic E-state index is 12.2. The molecule has 0 atom stereocenters. The lowest BCUT2D eigenvalue weighted by Gasteiger charge is -2.08. The Hall–Kier alpha value is -3.86. The van der Waals surface area contributed by atoms with Gasteiger partial charge in [-0.05, 0) is 59.2 Å². The number of carbonyl (C=O) groups is 1. The fourth-order valence-corrected chi connectivity index (χ4v) is 2.59. The van der Waals surface area contributed by atoms with Crippen LogP contribution in [-0.2, 0) is 4.79 Å². The summed E-state index contributed by atoms with van der Waals surface area (Å²) in [5, 5.41) is 0. The number of ether oxygens (including phenoxy) is 3. The summed E-state index contributed by atoms with van der Waals surface area (Å²) in [6.45, 7) is 0. The lowest BCUT2D eigenvalue weighted by atomic mass is 10.1. The topological polar surface area (TPSA) is 57.7 Å². The average molecular weight is 387 g/mol. The first-order valence-corrected chi connectivity index (χ1v) is 8.98. The molecule has 0 aliphatic heterocycles. The molecule has 0 aliphatic rings. The molecular formula is C24H21NO4. The van der Waals surface area contributed by atoms with Crippen LogP contribution in [0, 0.1) is 0 Å². The van der Waals surface area contributed by atoms with Gasteiger partial charge in [-0.1, -0.05) is 30.4 Å². The molecular weight excluding hydrogens is 366 g/mol. The van der Waals surface area contributed by atoms with Gasteiger partial charge in [-0.25, -0.2) is 4.79 Å². The van der Waals surface area contributed by atoms with E-state index in [0.29, 0.717) is 11.5 Å². The van der Waals surface area contributed by atoms with Crippen molar-refractivity contribution in [3.8, 4) is 17.2 Å². The molecule has 0 fully saturated rings. The van der Waals surface area contributed by atoms with Crippen LogP contribution in [0.5, 0.6) is 17.2 Å². The number of pyridine rings is 1. The minimum atomic E-state index is -0.494. The Balaban J connectivity index is 1.69. The van der Waals surface area contributed by atoms with Crippen LogP contribution in [-0.4, -0.2) is 25.2 Å². The van der Waals surface area contributed by atoms with E-state index in [0.717, 1.165) is 22.4 Å². The molecule has 0 saturated heterocycles. The minimum absolute atomic E-state index is 0.355. The molecule has 1 aromatic heterocycles. The summed E-state index contributed by atoms with van der Waals surface area (Å²) in [7, 11) is 3.13. The number of esters is 1. The smallest absolute Gasteiger partial charge is 0.336 e. The predicted molar refractivity (Wildman–Crippen MR) is 114 cm³/mol. The van der Waals surface area contributed by atoms with Crippen molar-refractivity contribution in [2.45, 2.75) is 0 Å². The summed E-state index contributed by atoms with van der Waals surface area (Å²) in [6, 6.07) is 16.6. The third kappa shape index (κ3) is 5.81. The number of carbonyl (C=O) groups excluding carboxylic acids is 1. The van der Waals surface area contributed by atoms with E-state index in [1.165, 1.54) is 13.2 Å². The molecule has 3 aromatic rings. The van der Waals surface area contributed by atoms with Gasteiger partial charge in [0.15, 0.2) is 11.5 Å². The number of aromatic nitrogens is 1. The highest BCUT2D eigenvalue weighted by Gasteiger charge is 2.08. The quantitative estimate of drug-likeness (QED) is 0.328. The van der Waals surface area contributed by atoms with Gasteiger partial charge < -0.3 is 14.2 Å². The summed E-state index contributed by atoms with van der Waals surface area (Å²) >= 11 is 0. The lowest BCUT2D eigenvalue weighted by molar-refractivity contribution is -0.129. The molecule has 1 heterocycles. The summed E-state index contributed by atoms with van der Waals surface area (Å²) < 4.78 is 16.0. The first kappa shape index (κ1) is 19.9. The SMILES string of the molecule is COc1cccc(/C=C/C(=O)Oc2ccc(/C=C/c3ccncc3)cc2OC)c1. The van der Waals surface area contributed by atoms with Crippen LogP contribution in [0.2, 0.25) is 0 Å². The van der Waals surface area contributed by atoms with Crippen LogP contribution in [0.15, 0.2) is 73.1 Å². The van der Waals surface area contributed by atoms with Gasteiger partial charge >= 0.3 is 5.97 Å². The number of hydrogen-bond donors (Lipinski definition) is 0. The van der Waals surface area contributed by atoms with Gasteiger partial charge in [0.2, 0.25) is 0 Å². The molecule has 0 unspecified atom stereocenters. The monoisotopic (exact) mass is 387 g/mol. The van der Waals surface area contributed by atoms with E-state index in [9.17, 15) is 4.79 Å². The zero-order valence-corrected chi connectivity index (χ0v) is 16.2. The lowest BCUT2D eigenvalue weighted by Crippen LogP contribution is -2.05. The first-order valence-electron chi connectivity index (χ1n) is 8.98. The maximum absolute atomic E-state index is 12.2. The Morgan fingerprint density at radius 1 is 0.793 bits per heavy atom. The second-order valence-electron chi connectivity index (χ2n) is 6.06. The van der Waals surface area contributed by atoms with Gasteiger partial charge in [0.25, 0.3) is 0 Å². The molecule has 0 bridgehead atoms. The van der Waals surface area contributed by atoms with Crippen molar-refractivity contribution in [3.05, 3.63) is 89.8 Å². The van der Waals surface area contributed by atoms with Gasteiger partial charge in [0.1, 0.15) is 5.75 Å². The standard InChI is InChI=1S/C24H21NO4/c1-27-21-5-3-4-19(16-21)9-11-24(26)29-22-10-8-20(17-23(22)28-2)7-6-18-12-14-25-15-13-18/h3-17H,1-2H3/b7-6+,11-9+. The molecule has 29 heavy (non-hydrogen) atoms. The zero-order chi connectivity index (χ0) is 20.5. The number of methoxy groups -OCH3 is 2. The van der Waals surface area contributed by atoms with Gasteiger partial charge in [0, 0.05) is 18.5 Å². The molecule has 0 saturated carbocycles. The third-order valence-corrected chi connectivity index (χ3v) is 4.08. The van der Waals surface area contributed by atoms with E-state index in [1.54, 1.807) is 31.6 Å². The second kappa shape index (κ2) is 9.90. The Morgan fingerprint density at radius 3 is 2.31 bits per heavy atom. The van der Waals surface area contributed by atoms with Crippen LogP contribution >= 0.6 is 0 Å². The first-order chi connectivity index (χ1) is 14.2. The fraction of sp³-hybridized carbons (Fsp3) is 0.0833. The minimum Gasteiger partial charge on any atom is -0.497 e. The van der Waals surface area contributed by atoms with Crippen LogP contribution in [0.25, 0.3) is 18.2 Å². The normalized spacial score (nSPS) is 11.0. The molecule has 0 aliphatic carbocycles. The molecule has 0 amide bonds. The van der Waals surface area contributed by atoms with Crippen molar-refractivity contribution in [2.75, 3.05) is 14.2 Å². The van der Waals surface area contributed by atoms with E-state index in [2.05, 4.69) is 4.98 Å². The summed E-state index contributed by atoms with van der Waals surface area (Å²) in [4.78, 5) is 16.2. The van der Waals surface area contributed by atoms with E-state index >= 15 is 0 Å². The van der Waals surface area contributed by atoms with Crippen LogP contribution < -0.4 is 14.2 Å². The Kier molecular flexibility index (Phi) is 6.79. The number of hydrogen-bond acceptors (Lipinski definition) is 5. The van der Waals surface area contributed by atoms with Gasteiger partial charge in [-0.15, -0.1) is 0 Å². The van der Waals surface area contributed by atoms with E-state index < -0.39 is 5.97 Å². The molecule has 3 rings (SSSR count). The average Bonchev–Trinajstić information content (AvgIpc) is 2.77. The Morgan fingerprint density at radius 2 is 1.55 bits per heavy atom. The number of nitrogens with zero attached hydrogens (tertiary/aromatic N) is 1. The van der Waals surface area contributed by atoms with E-state index in [4.69, 9.17) is 14.2 Å². The summed E-state index contributed by atoms with van der Waals surface area (Å²) in [6.07, 6.45) is 10.4. The van der Waals surface area contributed by atoms with Crippen molar-refractivity contribution in [3.63, 3.8) is 0 Å². The highest BCUT2D eigenvalue weighted by atomic mass is 16.6. The maximum Gasteiger partial charge on any atom is 0.336 e. The van der Waals surface area contributed by atoms with E-state index in [1.807, 2.05) is 60.7 Å². The highest BCUT2D eigenvalue weighted by Crippen LogP contribution is 2.29. The fourth-order valence-electron chi connectivity index (χ4n) is 2.59. The highest BCUT2D eigenvalue weighted by molar-refractivity contribution is 5.89. The predicted octanol–water partition coefficient (Wildman–Crippen LogP) is 4.89. The molecule has 5 heteroatoms. The van der Waals surface area contributed by atoms with Crippen LogP contribution in [0.4, 0.5) is 0 Å². The molecule has 2 aromatic carbocycles. The molecule has 5 nitrogen and oxygen atoms in total. The van der Waals surface area contributed by atoms with Crippen molar-refractivity contribution in [2.24, 2.45) is 0 Å². The largest absolute Gasteiger partial charge is 0.497 e. The van der Waals surface area contributed by atoms with Gasteiger partial charge in [0.05, 0.1) is 14.2 Å². The third-order valence-electron chi connectivity index (χ3n) is 4.08. The molecule has 146 valence electrons. The summed E-state index contributed by atoms with van der Waals surface area (Å²) in [5.74, 6) is 1.06. The van der Waals surface area contributed by atoms with E-state index in [-0.39, 0.29) is 0 Å². The van der Waals surface area contributed by atoms with Crippen LogP contribution in [0.3, 0.4) is 0 Å². The van der Waals surface area contributed by atoms with Gasteiger partial charge in [-0.2, -0.15) is 0 Å². The van der Waals surface area contributed by atoms with Crippen molar-refractivity contribution in [1.82, 2.24) is 4.98 Å². The Bertz CT molecular complexity index is 1030. The second-order valence-corrected chi connectivity index (χ2v) is 6.06. The summed E-state index contributed by atoms with van der Waals surface area (Å²) in [5.41, 5.74) is 2.80. The number of benzene rings is 2. The van der Waals surface area contributed by atoms with Crippen molar-refractivity contribution >= 4 is 24.2 Å². The van der Waals surface area contributed by atoms with Crippen molar-refractivity contribution < 1.29 is 19.0 Å². The van der Waals surface area contributed by atoms with Crippen molar-refractivity contribution in [1.29, 1.82) is 0 Å². The Labute approximate surface area is 169 Å². The zero-order valence-electron chi connectivity index (χ0n) is 16.2.